The van der Waals surface area contributed by atoms with Gasteiger partial charge >= 0.3 is 0 Å². The number of aliphatic hydroxyl groups is 2. The quantitative estimate of drug-likeness (QED) is 0.525. The Balaban J connectivity index is 1.91. The second-order valence-electron chi connectivity index (χ2n) is 6.39. The van der Waals surface area contributed by atoms with Crippen molar-refractivity contribution < 1.29 is 19.0 Å². The Hall–Kier alpha value is -2.34. The average Bonchev–Trinajstić information content (AvgIpc) is 3.22. The molecule has 5 heteroatoms. The third-order valence-corrected chi connectivity index (χ3v) is 4.59. The molecule has 2 aromatic heterocycles. The lowest BCUT2D eigenvalue weighted by Gasteiger charge is -2.26. The first-order valence-corrected chi connectivity index (χ1v) is 7.92. The Labute approximate surface area is 138 Å². The van der Waals surface area contributed by atoms with Crippen molar-refractivity contribution in [2.75, 3.05) is 13.2 Å². The smallest absolute Gasteiger partial charge is 0.140 e. The summed E-state index contributed by atoms with van der Waals surface area (Å²) < 4.78 is 11.7. The van der Waals surface area contributed by atoms with E-state index in [0.717, 1.165) is 38.5 Å². The van der Waals surface area contributed by atoms with E-state index in [0.29, 0.717) is 6.54 Å². The highest BCUT2D eigenvalue weighted by atomic mass is 16.3. The van der Waals surface area contributed by atoms with Crippen LogP contribution in [0.2, 0.25) is 0 Å². The zero-order chi connectivity index (χ0) is 16.7. The Morgan fingerprint density at radius 2 is 1.79 bits per heavy atom. The van der Waals surface area contributed by atoms with Crippen LogP contribution in [-0.2, 0) is 6.54 Å². The molecule has 2 aromatic carbocycles. The summed E-state index contributed by atoms with van der Waals surface area (Å²) in [6, 6.07) is 11.8. The first-order chi connectivity index (χ1) is 11.6. The van der Waals surface area contributed by atoms with E-state index in [1.165, 1.54) is 0 Å². The predicted molar refractivity (Wildman–Crippen MR) is 92.9 cm³/mol. The maximum absolute atomic E-state index is 9.50. The molecular formula is C19H19NO4. The van der Waals surface area contributed by atoms with Crippen LogP contribution in [0.25, 0.3) is 32.9 Å². The van der Waals surface area contributed by atoms with Gasteiger partial charge in [-0.1, -0.05) is 18.2 Å². The fourth-order valence-corrected chi connectivity index (χ4v) is 3.01. The van der Waals surface area contributed by atoms with E-state index in [-0.39, 0.29) is 13.2 Å². The zero-order valence-electron chi connectivity index (χ0n) is 13.4. The van der Waals surface area contributed by atoms with Crippen molar-refractivity contribution in [3.63, 3.8) is 0 Å². The molecular weight excluding hydrogens is 306 g/mol. The highest BCUT2D eigenvalue weighted by molar-refractivity contribution is 6.11. The summed E-state index contributed by atoms with van der Waals surface area (Å²) in [7, 11) is 0. The molecule has 0 aliphatic heterocycles. The number of benzene rings is 2. The molecule has 0 amide bonds. The number of aliphatic hydroxyl groups excluding tert-OH is 2. The number of para-hydroxylation sites is 1. The van der Waals surface area contributed by atoms with E-state index in [4.69, 9.17) is 8.83 Å². The van der Waals surface area contributed by atoms with E-state index in [2.05, 4.69) is 5.32 Å². The molecule has 0 unspecified atom stereocenters. The summed E-state index contributed by atoms with van der Waals surface area (Å²) in [6.45, 7) is 1.91. The Morgan fingerprint density at radius 1 is 1.00 bits per heavy atom. The van der Waals surface area contributed by atoms with Crippen LogP contribution < -0.4 is 5.32 Å². The maximum atomic E-state index is 9.50. The minimum atomic E-state index is -0.760. The van der Waals surface area contributed by atoms with Crippen LogP contribution in [0.1, 0.15) is 12.5 Å². The van der Waals surface area contributed by atoms with E-state index in [9.17, 15) is 10.2 Å². The third kappa shape index (κ3) is 2.29. The molecule has 0 saturated carbocycles. The molecule has 4 aromatic rings. The van der Waals surface area contributed by atoms with Gasteiger partial charge in [0.15, 0.2) is 0 Å². The van der Waals surface area contributed by atoms with Gasteiger partial charge in [0.2, 0.25) is 0 Å². The van der Waals surface area contributed by atoms with Gasteiger partial charge in [-0.05, 0) is 25.1 Å². The summed E-state index contributed by atoms with van der Waals surface area (Å²) in [5.41, 5.74) is 2.62. The van der Waals surface area contributed by atoms with E-state index < -0.39 is 5.54 Å². The van der Waals surface area contributed by atoms with Crippen molar-refractivity contribution in [2.24, 2.45) is 0 Å². The van der Waals surface area contributed by atoms with Crippen molar-refractivity contribution in [3.05, 3.63) is 48.2 Å². The molecule has 5 nitrogen and oxygen atoms in total. The molecule has 0 radical (unpaired) electrons. The first-order valence-electron chi connectivity index (χ1n) is 7.92. The highest BCUT2D eigenvalue weighted by Gasteiger charge is 2.23. The number of furan rings is 2. The minimum Gasteiger partial charge on any atom is -0.464 e. The maximum Gasteiger partial charge on any atom is 0.140 e. The molecule has 0 aliphatic carbocycles. The minimum absolute atomic E-state index is 0.159. The van der Waals surface area contributed by atoms with Gasteiger partial charge in [0, 0.05) is 28.3 Å². The van der Waals surface area contributed by atoms with Crippen LogP contribution in [0.4, 0.5) is 0 Å². The van der Waals surface area contributed by atoms with Crippen LogP contribution in [0, 0.1) is 0 Å². The Bertz CT molecular complexity index is 1010. The summed E-state index contributed by atoms with van der Waals surface area (Å²) in [5.74, 6) is 0. The van der Waals surface area contributed by atoms with Gasteiger partial charge in [0.05, 0.1) is 25.0 Å². The number of hydrogen-bond acceptors (Lipinski definition) is 5. The largest absolute Gasteiger partial charge is 0.464 e. The molecule has 124 valence electrons. The lowest BCUT2D eigenvalue weighted by molar-refractivity contribution is 0.103. The molecule has 0 fully saturated rings. The van der Waals surface area contributed by atoms with Crippen molar-refractivity contribution in [3.8, 4) is 0 Å². The second kappa shape index (κ2) is 5.63. The van der Waals surface area contributed by atoms with Crippen molar-refractivity contribution in [1.29, 1.82) is 0 Å². The molecule has 3 N–H and O–H groups in total. The number of fused-ring (bicyclic) bond motifs is 4. The van der Waals surface area contributed by atoms with E-state index >= 15 is 0 Å². The summed E-state index contributed by atoms with van der Waals surface area (Å²) in [6.07, 6.45) is 1.66. The normalized spacial score (nSPS) is 12.6. The van der Waals surface area contributed by atoms with Gasteiger partial charge in [0.25, 0.3) is 0 Å². The highest BCUT2D eigenvalue weighted by Crippen LogP contribution is 2.36. The predicted octanol–water partition coefficient (Wildman–Crippen LogP) is 3.17. The van der Waals surface area contributed by atoms with Crippen LogP contribution in [-0.4, -0.2) is 29.0 Å². The fraction of sp³-hybridized carbons (Fsp3) is 0.263. The van der Waals surface area contributed by atoms with E-state index in [1.54, 1.807) is 13.2 Å². The van der Waals surface area contributed by atoms with Gasteiger partial charge in [-0.2, -0.15) is 0 Å². The lowest BCUT2D eigenvalue weighted by Crippen LogP contribution is -2.48. The number of rotatable bonds is 5. The number of nitrogens with one attached hydrogen (secondary N) is 1. The second-order valence-corrected chi connectivity index (χ2v) is 6.39. The average molecular weight is 325 g/mol. The Morgan fingerprint density at radius 3 is 2.58 bits per heavy atom. The molecule has 0 spiro atoms. The van der Waals surface area contributed by atoms with Crippen LogP contribution >= 0.6 is 0 Å². The molecule has 0 aliphatic rings. The van der Waals surface area contributed by atoms with Crippen molar-refractivity contribution >= 4 is 32.9 Å². The first kappa shape index (κ1) is 15.2. The molecule has 0 bridgehead atoms. The van der Waals surface area contributed by atoms with Gasteiger partial charge in [0.1, 0.15) is 16.7 Å². The van der Waals surface area contributed by atoms with Crippen molar-refractivity contribution in [1.82, 2.24) is 5.32 Å². The fourth-order valence-electron chi connectivity index (χ4n) is 3.01. The van der Waals surface area contributed by atoms with Gasteiger partial charge in [-0.3, -0.25) is 0 Å². The molecule has 4 rings (SSSR count). The van der Waals surface area contributed by atoms with Gasteiger partial charge < -0.3 is 24.4 Å². The summed E-state index contributed by atoms with van der Waals surface area (Å²) >= 11 is 0. The summed E-state index contributed by atoms with van der Waals surface area (Å²) in [5, 5.41) is 25.2. The van der Waals surface area contributed by atoms with Crippen LogP contribution in [0.3, 0.4) is 0 Å². The molecule has 2 heterocycles. The molecule has 0 atom stereocenters. The van der Waals surface area contributed by atoms with Gasteiger partial charge in [-0.25, -0.2) is 0 Å². The number of hydrogen-bond donors (Lipinski definition) is 3. The SMILES string of the molecule is CC(CO)(CO)NCc1c2ccoc2cc2c1oc1ccccc12. The van der Waals surface area contributed by atoms with Crippen LogP contribution in [0.5, 0.6) is 0 Å². The lowest BCUT2D eigenvalue weighted by atomic mass is 10.0. The molecule has 24 heavy (non-hydrogen) atoms. The van der Waals surface area contributed by atoms with Crippen LogP contribution in [0.15, 0.2) is 51.5 Å². The standard InChI is InChI=1S/C19H19NO4/c1-19(10-21,11-22)20-9-15-13-6-7-23-17(13)8-14-12-4-2-3-5-16(12)24-18(14)15/h2-8,20-22H,9-11H2,1H3. The molecule has 0 saturated heterocycles. The van der Waals surface area contributed by atoms with Gasteiger partial charge in [-0.15, -0.1) is 0 Å². The van der Waals surface area contributed by atoms with Crippen molar-refractivity contribution in [2.45, 2.75) is 19.0 Å². The topological polar surface area (TPSA) is 78.8 Å². The monoisotopic (exact) mass is 325 g/mol. The van der Waals surface area contributed by atoms with E-state index in [1.807, 2.05) is 36.4 Å². The summed E-state index contributed by atoms with van der Waals surface area (Å²) in [4.78, 5) is 0. The third-order valence-electron chi connectivity index (χ3n) is 4.59. The Kier molecular flexibility index (Phi) is 3.57. The zero-order valence-corrected chi connectivity index (χ0v) is 13.4.